The summed E-state index contributed by atoms with van der Waals surface area (Å²) in [6.45, 7) is 6.15. The van der Waals surface area contributed by atoms with Gasteiger partial charge >= 0.3 is 0 Å². The predicted molar refractivity (Wildman–Crippen MR) is 118 cm³/mol. The van der Waals surface area contributed by atoms with E-state index in [2.05, 4.69) is 15.4 Å². The molecule has 0 bridgehead atoms. The van der Waals surface area contributed by atoms with Crippen molar-refractivity contribution >= 4 is 32.5 Å². The first-order valence-electron chi connectivity index (χ1n) is 10.3. The monoisotopic (exact) mass is 428 g/mol. The van der Waals surface area contributed by atoms with Crippen LogP contribution in [0.3, 0.4) is 0 Å². The van der Waals surface area contributed by atoms with Gasteiger partial charge in [-0.05, 0) is 24.5 Å². The lowest BCUT2D eigenvalue weighted by molar-refractivity contribution is -0.116. The fraction of sp³-hybridized carbons (Fsp3) is 0.455. The highest BCUT2D eigenvalue weighted by atomic mass is 32.2. The Kier molecular flexibility index (Phi) is 5.22. The minimum atomic E-state index is -3.05. The summed E-state index contributed by atoms with van der Waals surface area (Å²) >= 11 is 0. The molecule has 160 valence electrons. The molecule has 3 aromatic rings. The van der Waals surface area contributed by atoms with Crippen molar-refractivity contribution in [2.75, 3.05) is 16.8 Å². The van der Waals surface area contributed by atoms with Crippen molar-refractivity contribution in [3.63, 3.8) is 0 Å². The number of hydrogen-bond acceptors (Lipinski definition) is 4. The zero-order valence-electron chi connectivity index (χ0n) is 17.6. The summed E-state index contributed by atoms with van der Waals surface area (Å²) in [5.74, 6) is 0.695. The lowest BCUT2D eigenvalue weighted by atomic mass is 9.92. The van der Waals surface area contributed by atoms with Crippen molar-refractivity contribution in [1.29, 1.82) is 0 Å². The van der Waals surface area contributed by atoms with Crippen LogP contribution >= 0.6 is 0 Å². The molecule has 0 radical (unpaired) electrons. The number of hydrogen-bond donors (Lipinski definition) is 2. The number of carbonyl (C=O) groups is 1. The number of fused-ring (bicyclic) bond motifs is 1. The molecule has 8 heteroatoms. The Morgan fingerprint density at radius 2 is 2.07 bits per heavy atom. The van der Waals surface area contributed by atoms with Gasteiger partial charge in [-0.3, -0.25) is 4.79 Å². The van der Waals surface area contributed by atoms with Crippen molar-refractivity contribution in [3.05, 3.63) is 47.8 Å². The average molecular weight is 429 g/mol. The maximum Gasteiger partial charge on any atom is 0.225 e. The van der Waals surface area contributed by atoms with Gasteiger partial charge in [0.1, 0.15) is 5.82 Å². The summed E-state index contributed by atoms with van der Waals surface area (Å²) in [7, 11) is -3.05. The number of nitrogens with zero attached hydrogens (tertiary/aromatic N) is 2. The van der Waals surface area contributed by atoms with Crippen LogP contribution in [0.4, 0.5) is 5.82 Å². The highest BCUT2D eigenvalue weighted by molar-refractivity contribution is 7.91. The number of sulfone groups is 1. The molecule has 1 aromatic carbocycles. The number of aromatic amines is 1. The molecule has 0 saturated carbocycles. The Morgan fingerprint density at radius 3 is 2.77 bits per heavy atom. The average Bonchev–Trinajstić information content (AvgIpc) is 3.36. The minimum Gasteiger partial charge on any atom is -0.361 e. The lowest BCUT2D eigenvalue weighted by Crippen LogP contribution is -2.20. The molecule has 4 rings (SSSR count). The Bertz CT molecular complexity index is 1180. The number of aryl methyl sites for hydroxylation is 1. The van der Waals surface area contributed by atoms with E-state index in [9.17, 15) is 13.2 Å². The lowest BCUT2D eigenvalue weighted by Gasteiger charge is -2.15. The molecule has 2 N–H and O–H groups in total. The fourth-order valence-corrected chi connectivity index (χ4v) is 5.58. The maximum atomic E-state index is 12.7. The number of para-hydroxylation sites is 1. The Morgan fingerprint density at radius 1 is 1.30 bits per heavy atom. The first-order chi connectivity index (χ1) is 14.1. The van der Waals surface area contributed by atoms with Gasteiger partial charge in [-0.25, -0.2) is 13.1 Å². The quantitative estimate of drug-likeness (QED) is 0.649. The van der Waals surface area contributed by atoms with Crippen LogP contribution < -0.4 is 5.32 Å². The van der Waals surface area contributed by atoms with Crippen LogP contribution in [-0.4, -0.2) is 40.6 Å². The highest BCUT2D eigenvalue weighted by Crippen LogP contribution is 2.31. The van der Waals surface area contributed by atoms with E-state index in [1.165, 1.54) is 0 Å². The smallest absolute Gasteiger partial charge is 0.225 e. The number of anilines is 1. The Hall–Kier alpha value is -2.61. The molecule has 0 spiro atoms. The van der Waals surface area contributed by atoms with Crippen molar-refractivity contribution in [2.24, 2.45) is 0 Å². The number of rotatable bonds is 5. The minimum absolute atomic E-state index is 0.0659. The van der Waals surface area contributed by atoms with E-state index in [4.69, 9.17) is 0 Å². The van der Waals surface area contributed by atoms with E-state index in [-0.39, 0.29) is 28.9 Å². The second kappa shape index (κ2) is 7.58. The molecule has 1 aliphatic rings. The molecule has 1 saturated heterocycles. The summed E-state index contributed by atoms with van der Waals surface area (Å²) in [6.07, 6.45) is 3.42. The highest BCUT2D eigenvalue weighted by Gasteiger charge is 2.32. The van der Waals surface area contributed by atoms with Crippen molar-refractivity contribution in [1.82, 2.24) is 14.8 Å². The van der Waals surface area contributed by atoms with E-state index in [1.54, 1.807) is 4.68 Å². The first-order valence-corrected chi connectivity index (χ1v) is 12.1. The van der Waals surface area contributed by atoms with Crippen LogP contribution in [0.1, 0.15) is 50.9 Å². The van der Waals surface area contributed by atoms with Gasteiger partial charge in [0.25, 0.3) is 0 Å². The first kappa shape index (κ1) is 20.7. The molecular weight excluding hydrogens is 400 g/mol. The third-order valence-electron chi connectivity index (χ3n) is 5.62. The topological polar surface area (TPSA) is 96.9 Å². The normalized spacial score (nSPS) is 18.7. The summed E-state index contributed by atoms with van der Waals surface area (Å²) in [5, 5.41) is 8.77. The van der Waals surface area contributed by atoms with Gasteiger partial charge in [0.2, 0.25) is 5.91 Å². The van der Waals surface area contributed by atoms with Gasteiger partial charge in [0, 0.05) is 35.0 Å². The second-order valence-electron chi connectivity index (χ2n) is 9.07. The summed E-state index contributed by atoms with van der Waals surface area (Å²) in [6, 6.07) is 9.66. The van der Waals surface area contributed by atoms with E-state index in [0.29, 0.717) is 25.1 Å². The van der Waals surface area contributed by atoms with Gasteiger partial charge in [-0.2, -0.15) is 5.10 Å². The summed E-state index contributed by atoms with van der Waals surface area (Å²) in [4.78, 5) is 15.9. The van der Waals surface area contributed by atoms with Crippen LogP contribution in [0, 0.1) is 0 Å². The van der Waals surface area contributed by atoms with E-state index in [0.717, 1.165) is 22.2 Å². The Balaban J connectivity index is 1.51. The molecule has 1 fully saturated rings. The molecule has 2 aromatic heterocycles. The van der Waals surface area contributed by atoms with Gasteiger partial charge in [-0.15, -0.1) is 0 Å². The van der Waals surface area contributed by atoms with Gasteiger partial charge in [-0.1, -0.05) is 39.0 Å². The van der Waals surface area contributed by atoms with Crippen LogP contribution in [0.2, 0.25) is 0 Å². The number of aromatic nitrogens is 3. The van der Waals surface area contributed by atoms with Crippen LogP contribution in [0.5, 0.6) is 0 Å². The zero-order chi connectivity index (χ0) is 21.5. The summed E-state index contributed by atoms with van der Waals surface area (Å²) < 4.78 is 25.6. The van der Waals surface area contributed by atoms with Gasteiger partial charge in [0.05, 0.1) is 23.2 Å². The largest absolute Gasteiger partial charge is 0.361 e. The number of benzene rings is 1. The zero-order valence-corrected chi connectivity index (χ0v) is 18.4. The standard InChI is InChI=1S/C22H28N4O3S/c1-22(2,3)19-12-20(26(25-19)16-10-11-30(28,29)14-16)24-21(27)9-8-15-13-23-18-7-5-4-6-17(15)18/h4-7,12-13,16,23H,8-11,14H2,1-3H3,(H,24,27)/t16-/m0/s1. The molecular formula is C22H28N4O3S. The van der Waals surface area contributed by atoms with E-state index in [1.807, 2.05) is 57.3 Å². The predicted octanol–water partition coefficient (Wildman–Crippen LogP) is 3.59. The maximum absolute atomic E-state index is 12.7. The van der Waals surface area contributed by atoms with Crippen molar-refractivity contribution in [3.8, 4) is 0 Å². The van der Waals surface area contributed by atoms with Crippen LogP contribution in [0.15, 0.2) is 36.5 Å². The second-order valence-corrected chi connectivity index (χ2v) is 11.3. The van der Waals surface area contributed by atoms with Crippen LogP contribution in [0.25, 0.3) is 10.9 Å². The van der Waals surface area contributed by atoms with Crippen LogP contribution in [-0.2, 0) is 26.5 Å². The third-order valence-corrected chi connectivity index (χ3v) is 7.37. The molecule has 3 heterocycles. The number of carbonyl (C=O) groups excluding carboxylic acids is 1. The van der Waals surface area contributed by atoms with E-state index >= 15 is 0 Å². The van der Waals surface area contributed by atoms with Crippen molar-refractivity contribution in [2.45, 2.75) is 51.5 Å². The summed E-state index contributed by atoms with van der Waals surface area (Å²) in [5.41, 5.74) is 2.79. The molecule has 1 atom stereocenters. The van der Waals surface area contributed by atoms with Crippen molar-refractivity contribution < 1.29 is 13.2 Å². The number of H-pyrrole nitrogens is 1. The molecule has 0 unspecified atom stereocenters. The molecule has 30 heavy (non-hydrogen) atoms. The molecule has 7 nitrogen and oxygen atoms in total. The number of amides is 1. The SMILES string of the molecule is CC(C)(C)c1cc(NC(=O)CCc2c[nH]c3ccccc23)n([C@H]2CCS(=O)(=O)C2)n1. The van der Waals surface area contributed by atoms with Gasteiger partial charge in [0.15, 0.2) is 9.84 Å². The number of nitrogens with one attached hydrogen (secondary N) is 2. The fourth-order valence-electron chi connectivity index (χ4n) is 3.89. The molecule has 1 amide bonds. The Labute approximate surface area is 176 Å². The molecule has 0 aliphatic carbocycles. The van der Waals surface area contributed by atoms with E-state index < -0.39 is 9.84 Å². The third kappa shape index (κ3) is 4.28. The van der Waals surface area contributed by atoms with Gasteiger partial charge < -0.3 is 10.3 Å². The molecule has 1 aliphatic heterocycles.